The summed E-state index contributed by atoms with van der Waals surface area (Å²) in [6.07, 6.45) is 0. The van der Waals surface area contributed by atoms with Crippen molar-refractivity contribution in [2.75, 3.05) is 16.4 Å². The van der Waals surface area contributed by atoms with Crippen LogP contribution in [0, 0.1) is 0 Å². The minimum Gasteiger partial charge on any atom is -0.396 e. The molecule has 1 aromatic carbocycles. The molecule has 0 aliphatic heterocycles. The smallest absolute Gasteiger partial charge is 0.396 e. The van der Waals surface area contributed by atoms with Crippen LogP contribution in [0.2, 0.25) is 0 Å². The van der Waals surface area contributed by atoms with Crippen LogP contribution in [0.15, 0.2) is 18.2 Å². The van der Waals surface area contributed by atoms with Crippen LogP contribution in [0.5, 0.6) is 5.75 Å². The largest absolute Gasteiger partial charge is 0.446 e. The Morgan fingerprint density at radius 3 is 2.63 bits per heavy atom. The van der Waals surface area contributed by atoms with Gasteiger partial charge >= 0.3 is 10.4 Å². The first kappa shape index (κ1) is 16.2. The van der Waals surface area contributed by atoms with Gasteiger partial charge in [0.2, 0.25) is 5.91 Å². The minimum absolute atomic E-state index is 0.0413. The number of nitrogens with one attached hydrogen (secondary N) is 1. The lowest BCUT2D eigenvalue weighted by Gasteiger charge is -2.10. The van der Waals surface area contributed by atoms with Crippen LogP contribution in [0.1, 0.15) is 0 Å². The third-order valence-electron chi connectivity index (χ3n) is 1.89. The summed E-state index contributed by atoms with van der Waals surface area (Å²) < 4.78 is 33.8. The minimum atomic E-state index is -4.63. The third kappa shape index (κ3) is 5.35. The van der Waals surface area contributed by atoms with E-state index in [2.05, 4.69) is 41.4 Å². The van der Waals surface area contributed by atoms with E-state index in [0.717, 1.165) is 0 Å². The highest BCUT2D eigenvalue weighted by molar-refractivity contribution is 9.12. The summed E-state index contributed by atoms with van der Waals surface area (Å²) in [5.74, 6) is -0.517. The molecule has 1 aromatic rings. The number of halogens is 2. The number of carbonyl (C=O) groups is 1. The standard InChI is InChI=1S/C9H10Br2N2O5S/c10-4-6(11)9(14)13-5-1-2-8(7(12)3-5)18-19(15,16)17/h1-3,6H,4,12H2,(H,13,14)(H,15,16,17). The molecule has 0 saturated heterocycles. The molecule has 19 heavy (non-hydrogen) atoms. The zero-order valence-electron chi connectivity index (χ0n) is 9.34. The van der Waals surface area contributed by atoms with Gasteiger partial charge in [0.05, 0.1) is 5.69 Å². The van der Waals surface area contributed by atoms with Gasteiger partial charge in [0.25, 0.3) is 0 Å². The van der Waals surface area contributed by atoms with E-state index in [-0.39, 0.29) is 17.3 Å². The number of hydrogen-bond acceptors (Lipinski definition) is 5. The molecule has 4 N–H and O–H groups in total. The first-order valence-corrected chi connectivity index (χ1v) is 8.20. The Bertz CT molecular complexity index is 578. The third-order valence-corrected chi connectivity index (χ3v) is 4.54. The molecule has 0 saturated carbocycles. The van der Waals surface area contributed by atoms with E-state index in [1.54, 1.807) is 0 Å². The van der Waals surface area contributed by atoms with Gasteiger partial charge in [-0.15, -0.1) is 0 Å². The van der Waals surface area contributed by atoms with E-state index < -0.39 is 15.2 Å². The Labute approximate surface area is 126 Å². The molecule has 7 nitrogen and oxygen atoms in total. The average molecular weight is 418 g/mol. The van der Waals surface area contributed by atoms with Crippen LogP contribution >= 0.6 is 31.9 Å². The fraction of sp³-hybridized carbons (Fsp3) is 0.222. The second-order valence-electron chi connectivity index (χ2n) is 3.37. The maximum Gasteiger partial charge on any atom is 0.446 e. The molecule has 1 amide bonds. The summed E-state index contributed by atoms with van der Waals surface area (Å²) in [5, 5.41) is 2.99. The van der Waals surface area contributed by atoms with E-state index in [1.807, 2.05) is 0 Å². The van der Waals surface area contributed by atoms with Gasteiger partial charge in [-0.05, 0) is 18.2 Å². The number of benzene rings is 1. The van der Waals surface area contributed by atoms with E-state index in [4.69, 9.17) is 10.3 Å². The molecule has 0 aliphatic carbocycles. The number of nitrogen functional groups attached to an aromatic ring is 1. The van der Waals surface area contributed by atoms with Crippen molar-refractivity contribution >= 4 is 59.5 Å². The first-order valence-electron chi connectivity index (χ1n) is 4.80. The van der Waals surface area contributed by atoms with E-state index in [0.29, 0.717) is 11.0 Å². The Balaban J connectivity index is 2.86. The normalized spacial score (nSPS) is 12.8. The van der Waals surface area contributed by atoms with Crippen LogP contribution in [0.25, 0.3) is 0 Å². The fourth-order valence-electron chi connectivity index (χ4n) is 1.11. The summed E-state index contributed by atoms with van der Waals surface area (Å²) in [6.45, 7) is 0. The molecule has 0 fully saturated rings. The molecular formula is C9H10Br2N2O5S. The van der Waals surface area contributed by atoms with Gasteiger partial charge < -0.3 is 15.2 Å². The first-order chi connectivity index (χ1) is 8.73. The molecule has 0 heterocycles. The van der Waals surface area contributed by atoms with Crippen LogP contribution in [0.4, 0.5) is 11.4 Å². The number of carbonyl (C=O) groups excluding carboxylic acids is 1. The number of anilines is 2. The van der Waals surface area contributed by atoms with Crippen molar-refractivity contribution in [1.29, 1.82) is 0 Å². The molecule has 0 bridgehead atoms. The molecule has 106 valence electrons. The zero-order valence-corrected chi connectivity index (χ0v) is 13.3. The van der Waals surface area contributed by atoms with Gasteiger partial charge in [-0.1, -0.05) is 31.9 Å². The second-order valence-corrected chi connectivity index (χ2v) is 6.15. The molecule has 0 aromatic heterocycles. The Kier molecular flexibility index (Phi) is 5.59. The van der Waals surface area contributed by atoms with Crippen molar-refractivity contribution in [2.45, 2.75) is 4.83 Å². The van der Waals surface area contributed by atoms with Crippen molar-refractivity contribution in [3.8, 4) is 5.75 Å². The Morgan fingerprint density at radius 2 is 2.16 bits per heavy atom. The monoisotopic (exact) mass is 416 g/mol. The topological polar surface area (TPSA) is 119 Å². The highest BCUT2D eigenvalue weighted by Gasteiger charge is 2.15. The summed E-state index contributed by atoms with van der Waals surface area (Å²) >= 11 is 6.29. The summed E-state index contributed by atoms with van der Waals surface area (Å²) in [7, 11) is -4.63. The van der Waals surface area contributed by atoms with Gasteiger partial charge in [-0.25, -0.2) is 0 Å². The lowest BCUT2D eigenvalue weighted by molar-refractivity contribution is -0.115. The van der Waals surface area contributed by atoms with Crippen molar-refractivity contribution in [2.24, 2.45) is 0 Å². The molecular weight excluding hydrogens is 408 g/mol. The molecule has 1 unspecified atom stereocenters. The molecule has 1 rings (SSSR count). The van der Waals surface area contributed by atoms with Gasteiger partial charge in [0, 0.05) is 11.0 Å². The van der Waals surface area contributed by atoms with Crippen molar-refractivity contribution < 1.29 is 21.9 Å². The number of amides is 1. The van der Waals surface area contributed by atoms with Gasteiger partial charge in [-0.2, -0.15) is 8.42 Å². The number of alkyl halides is 2. The number of rotatable bonds is 5. The molecule has 0 radical (unpaired) electrons. The zero-order chi connectivity index (χ0) is 14.6. The SMILES string of the molecule is Nc1cc(NC(=O)C(Br)CBr)ccc1OS(=O)(=O)O. The van der Waals surface area contributed by atoms with Crippen LogP contribution < -0.4 is 15.2 Å². The fourth-order valence-corrected chi connectivity index (χ4v) is 1.89. The second kappa shape index (κ2) is 6.55. The molecule has 0 aliphatic rings. The summed E-state index contributed by atoms with van der Waals surface area (Å²) in [6, 6.07) is 3.92. The summed E-state index contributed by atoms with van der Waals surface area (Å²) in [4.78, 5) is 11.2. The van der Waals surface area contributed by atoms with Gasteiger partial charge in [-0.3, -0.25) is 9.35 Å². The van der Waals surface area contributed by atoms with Crippen molar-refractivity contribution in [3.05, 3.63) is 18.2 Å². The van der Waals surface area contributed by atoms with Gasteiger partial charge in [0.15, 0.2) is 5.75 Å². The summed E-state index contributed by atoms with van der Waals surface area (Å²) in [5.41, 5.74) is 5.87. The van der Waals surface area contributed by atoms with Crippen LogP contribution in [-0.2, 0) is 15.2 Å². The Morgan fingerprint density at radius 1 is 1.53 bits per heavy atom. The van der Waals surface area contributed by atoms with Crippen molar-refractivity contribution in [3.63, 3.8) is 0 Å². The average Bonchev–Trinajstić information content (AvgIpc) is 2.30. The Hall–Kier alpha value is -0.840. The lowest BCUT2D eigenvalue weighted by atomic mass is 10.2. The van der Waals surface area contributed by atoms with E-state index in [9.17, 15) is 13.2 Å². The predicted molar refractivity (Wildman–Crippen MR) is 78.2 cm³/mol. The predicted octanol–water partition coefficient (Wildman–Crippen LogP) is 1.55. The number of hydrogen-bond donors (Lipinski definition) is 3. The van der Waals surface area contributed by atoms with Gasteiger partial charge in [0.1, 0.15) is 4.83 Å². The lowest BCUT2D eigenvalue weighted by Crippen LogP contribution is -2.23. The van der Waals surface area contributed by atoms with Crippen molar-refractivity contribution in [1.82, 2.24) is 0 Å². The van der Waals surface area contributed by atoms with Crippen LogP contribution in [-0.4, -0.2) is 29.0 Å². The highest BCUT2D eigenvalue weighted by Crippen LogP contribution is 2.26. The molecule has 1 atom stereocenters. The maximum atomic E-state index is 11.6. The maximum absolute atomic E-state index is 11.6. The van der Waals surface area contributed by atoms with E-state index >= 15 is 0 Å². The quantitative estimate of drug-likeness (QED) is 0.380. The molecule has 10 heteroatoms. The highest BCUT2D eigenvalue weighted by atomic mass is 79.9. The number of nitrogens with two attached hydrogens (primary N) is 1. The molecule has 0 spiro atoms. The van der Waals surface area contributed by atoms with Crippen LogP contribution in [0.3, 0.4) is 0 Å². The van der Waals surface area contributed by atoms with E-state index in [1.165, 1.54) is 18.2 Å².